The summed E-state index contributed by atoms with van der Waals surface area (Å²) in [7, 11) is 0. The average Bonchev–Trinajstić information content (AvgIpc) is 3.14. The van der Waals surface area contributed by atoms with Crippen LogP contribution in [0.2, 0.25) is 15.1 Å². The first kappa shape index (κ1) is 16.7. The number of nitrogens with zero attached hydrogens (tertiary/aromatic N) is 3. The third kappa shape index (κ3) is 3.09. The van der Waals surface area contributed by atoms with Crippen LogP contribution in [0.4, 0.5) is 10.8 Å². The second kappa shape index (κ2) is 6.50. The van der Waals surface area contributed by atoms with Crippen molar-refractivity contribution >= 4 is 62.6 Å². The quantitative estimate of drug-likeness (QED) is 0.421. The van der Waals surface area contributed by atoms with E-state index in [0.717, 1.165) is 22.7 Å². The SMILES string of the molecule is Cc1nc2ccc(Cl)cn2c1-c1csc(Nc2c(Cl)cccc2Cl)n1. The zero-order chi connectivity index (χ0) is 17.6. The molecule has 8 heteroatoms. The van der Waals surface area contributed by atoms with E-state index in [9.17, 15) is 0 Å². The molecule has 1 N–H and O–H groups in total. The third-order valence-electron chi connectivity index (χ3n) is 3.70. The van der Waals surface area contributed by atoms with E-state index < -0.39 is 0 Å². The number of aromatic nitrogens is 3. The van der Waals surface area contributed by atoms with Gasteiger partial charge in [-0.25, -0.2) is 9.97 Å². The lowest BCUT2D eigenvalue weighted by molar-refractivity contribution is 1.17. The van der Waals surface area contributed by atoms with E-state index >= 15 is 0 Å². The molecular weight excluding hydrogens is 399 g/mol. The van der Waals surface area contributed by atoms with E-state index in [4.69, 9.17) is 34.8 Å². The van der Waals surface area contributed by atoms with Crippen LogP contribution in [0, 0.1) is 6.92 Å². The van der Waals surface area contributed by atoms with Crippen molar-refractivity contribution in [3.8, 4) is 11.4 Å². The molecule has 0 radical (unpaired) electrons. The highest BCUT2D eigenvalue weighted by Crippen LogP contribution is 2.35. The van der Waals surface area contributed by atoms with Gasteiger partial charge in [0.05, 0.1) is 32.1 Å². The minimum atomic E-state index is 0.544. The van der Waals surface area contributed by atoms with Crippen molar-refractivity contribution in [3.05, 3.63) is 62.7 Å². The molecule has 4 aromatic rings. The Labute approximate surface area is 163 Å². The highest BCUT2D eigenvalue weighted by atomic mass is 35.5. The first-order chi connectivity index (χ1) is 12.0. The van der Waals surface area contributed by atoms with Crippen LogP contribution in [0.5, 0.6) is 0 Å². The first-order valence-electron chi connectivity index (χ1n) is 7.34. The fourth-order valence-electron chi connectivity index (χ4n) is 2.61. The van der Waals surface area contributed by atoms with Crippen LogP contribution in [0.1, 0.15) is 5.69 Å². The molecule has 3 aromatic heterocycles. The fraction of sp³-hybridized carbons (Fsp3) is 0.0588. The average molecular weight is 410 g/mol. The van der Waals surface area contributed by atoms with Crippen molar-refractivity contribution in [2.24, 2.45) is 0 Å². The van der Waals surface area contributed by atoms with E-state index in [1.54, 1.807) is 18.2 Å². The van der Waals surface area contributed by atoms with Gasteiger partial charge < -0.3 is 5.32 Å². The van der Waals surface area contributed by atoms with E-state index in [-0.39, 0.29) is 0 Å². The summed E-state index contributed by atoms with van der Waals surface area (Å²) in [5, 5.41) is 7.58. The Balaban J connectivity index is 1.75. The maximum Gasteiger partial charge on any atom is 0.187 e. The number of thiazole rings is 1. The Morgan fingerprint density at radius 2 is 1.80 bits per heavy atom. The van der Waals surface area contributed by atoms with Gasteiger partial charge in [0, 0.05) is 11.6 Å². The van der Waals surface area contributed by atoms with Gasteiger partial charge in [-0.2, -0.15) is 0 Å². The maximum absolute atomic E-state index is 6.21. The molecule has 1 aromatic carbocycles. The minimum absolute atomic E-state index is 0.544. The topological polar surface area (TPSA) is 42.2 Å². The van der Waals surface area contributed by atoms with E-state index in [2.05, 4.69) is 15.3 Å². The lowest BCUT2D eigenvalue weighted by atomic mass is 10.3. The Bertz CT molecular complexity index is 1070. The summed E-state index contributed by atoms with van der Waals surface area (Å²) in [6.07, 6.45) is 1.84. The summed E-state index contributed by atoms with van der Waals surface area (Å²) in [5.74, 6) is 0. The normalized spacial score (nSPS) is 11.2. The number of benzene rings is 1. The Hall–Kier alpha value is -1.79. The van der Waals surface area contributed by atoms with Crippen LogP contribution < -0.4 is 5.32 Å². The first-order valence-corrected chi connectivity index (χ1v) is 9.35. The zero-order valence-electron chi connectivity index (χ0n) is 12.9. The van der Waals surface area contributed by atoms with Gasteiger partial charge in [0.1, 0.15) is 11.3 Å². The number of anilines is 2. The van der Waals surface area contributed by atoms with Crippen molar-refractivity contribution in [3.63, 3.8) is 0 Å². The number of pyridine rings is 1. The molecule has 0 unspecified atom stereocenters. The predicted molar refractivity (Wildman–Crippen MR) is 106 cm³/mol. The standard InChI is InChI=1S/C17H11Cl3N4S/c1-9-16(24-7-10(18)5-6-14(24)21-9)13-8-25-17(22-13)23-15-11(19)3-2-4-12(15)20/h2-8H,1H3,(H,22,23). The number of halogens is 3. The summed E-state index contributed by atoms with van der Waals surface area (Å²) >= 11 is 20.0. The monoisotopic (exact) mass is 408 g/mol. The Morgan fingerprint density at radius 3 is 2.56 bits per heavy atom. The summed E-state index contributed by atoms with van der Waals surface area (Å²) in [4.78, 5) is 9.22. The molecule has 25 heavy (non-hydrogen) atoms. The van der Waals surface area contributed by atoms with Crippen molar-refractivity contribution in [1.82, 2.24) is 14.4 Å². The van der Waals surface area contributed by atoms with Crippen molar-refractivity contribution in [2.45, 2.75) is 6.92 Å². The molecule has 0 aliphatic heterocycles. The number of para-hydroxylation sites is 1. The summed E-state index contributed by atoms with van der Waals surface area (Å²) in [6, 6.07) is 9.06. The molecule has 4 nitrogen and oxygen atoms in total. The van der Waals surface area contributed by atoms with Gasteiger partial charge in [-0.15, -0.1) is 11.3 Å². The van der Waals surface area contributed by atoms with Gasteiger partial charge >= 0.3 is 0 Å². The molecule has 0 aliphatic carbocycles. The molecule has 0 fully saturated rings. The molecule has 0 spiro atoms. The molecule has 3 heterocycles. The molecule has 0 saturated heterocycles. The molecule has 0 bridgehead atoms. The van der Waals surface area contributed by atoms with Crippen LogP contribution in [-0.4, -0.2) is 14.4 Å². The molecule has 0 atom stereocenters. The van der Waals surface area contributed by atoms with Crippen LogP contribution in [0.15, 0.2) is 41.9 Å². The van der Waals surface area contributed by atoms with Gasteiger partial charge in [-0.3, -0.25) is 4.40 Å². The molecule has 0 amide bonds. The lowest BCUT2D eigenvalue weighted by Gasteiger charge is -2.07. The summed E-state index contributed by atoms with van der Waals surface area (Å²) < 4.78 is 1.94. The Kier molecular flexibility index (Phi) is 4.33. The third-order valence-corrected chi connectivity index (χ3v) is 5.31. The molecule has 0 aliphatic rings. The number of hydrogen-bond donors (Lipinski definition) is 1. The molecule has 0 saturated carbocycles. The zero-order valence-corrected chi connectivity index (χ0v) is 16.0. The van der Waals surface area contributed by atoms with Gasteiger partial charge in [-0.05, 0) is 31.2 Å². The predicted octanol–water partition coefficient (Wildman–Crippen LogP) is 6.47. The van der Waals surface area contributed by atoms with Gasteiger partial charge in [0.15, 0.2) is 5.13 Å². The lowest BCUT2D eigenvalue weighted by Crippen LogP contribution is -1.93. The molecular formula is C17H11Cl3N4S. The molecule has 4 rings (SSSR count). The van der Waals surface area contributed by atoms with E-state index in [1.165, 1.54) is 11.3 Å². The summed E-state index contributed by atoms with van der Waals surface area (Å²) in [6.45, 7) is 1.95. The number of nitrogens with one attached hydrogen (secondary N) is 1. The van der Waals surface area contributed by atoms with E-state index in [0.29, 0.717) is 25.9 Å². The van der Waals surface area contributed by atoms with Crippen LogP contribution in [-0.2, 0) is 0 Å². The fourth-order valence-corrected chi connectivity index (χ4v) is 3.96. The number of imidazole rings is 1. The van der Waals surface area contributed by atoms with Crippen LogP contribution in [0.3, 0.4) is 0 Å². The largest absolute Gasteiger partial charge is 0.329 e. The number of fused-ring (bicyclic) bond motifs is 1. The van der Waals surface area contributed by atoms with Crippen LogP contribution >= 0.6 is 46.1 Å². The second-order valence-corrected chi connectivity index (χ2v) is 7.49. The van der Waals surface area contributed by atoms with Gasteiger partial charge in [0.25, 0.3) is 0 Å². The van der Waals surface area contributed by atoms with Crippen molar-refractivity contribution in [2.75, 3.05) is 5.32 Å². The van der Waals surface area contributed by atoms with Gasteiger partial charge in [0.2, 0.25) is 0 Å². The summed E-state index contributed by atoms with van der Waals surface area (Å²) in [5.41, 5.74) is 4.07. The molecule has 126 valence electrons. The van der Waals surface area contributed by atoms with Crippen molar-refractivity contribution in [1.29, 1.82) is 0 Å². The second-order valence-electron chi connectivity index (χ2n) is 5.38. The van der Waals surface area contributed by atoms with E-state index in [1.807, 2.05) is 35.0 Å². The maximum atomic E-state index is 6.21. The number of hydrogen-bond acceptors (Lipinski definition) is 4. The Morgan fingerprint density at radius 1 is 1.04 bits per heavy atom. The highest BCUT2D eigenvalue weighted by Gasteiger charge is 2.15. The van der Waals surface area contributed by atoms with Crippen molar-refractivity contribution < 1.29 is 0 Å². The number of rotatable bonds is 3. The van der Waals surface area contributed by atoms with Gasteiger partial charge in [-0.1, -0.05) is 40.9 Å². The minimum Gasteiger partial charge on any atom is -0.329 e. The smallest absolute Gasteiger partial charge is 0.187 e. The number of aryl methyl sites for hydroxylation is 1. The van der Waals surface area contributed by atoms with Crippen LogP contribution in [0.25, 0.3) is 17.0 Å². The highest BCUT2D eigenvalue weighted by molar-refractivity contribution is 7.14.